The summed E-state index contributed by atoms with van der Waals surface area (Å²) in [5.41, 5.74) is 0.743. The number of hydrogen-bond acceptors (Lipinski definition) is 6. The Morgan fingerprint density at radius 1 is 1.56 bits per heavy atom. The lowest BCUT2D eigenvalue weighted by molar-refractivity contribution is -0.389. The fraction of sp³-hybridized carbons (Fsp3) is 0.455. The van der Waals surface area contributed by atoms with Crippen LogP contribution in [0, 0.1) is 10.1 Å². The smallest absolute Gasteiger partial charge is 0.363 e. The number of carbonyl (C=O) groups is 1. The second-order valence-electron chi connectivity index (χ2n) is 3.54. The molecule has 1 heterocycles. The fourth-order valence-corrected chi connectivity index (χ4v) is 1.47. The van der Waals surface area contributed by atoms with Crippen LogP contribution in [0.1, 0.15) is 13.3 Å². The van der Waals surface area contributed by atoms with Gasteiger partial charge in [-0.25, -0.2) is 0 Å². The van der Waals surface area contributed by atoms with Crippen LogP contribution < -0.4 is 4.90 Å². The van der Waals surface area contributed by atoms with Crippen molar-refractivity contribution < 1.29 is 14.5 Å². The van der Waals surface area contributed by atoms with Crippen molar-refractivity contribution in [2.45, 2.75) is 13.3 Å². The van der Waals surface area contributed by atoms with Crippen molar-refractivity contribution in [2.24, 2.45) is 0 Å². The van der Waals surface area contributed by atoms with Gasteiger partial charge in [0.05, 0.1) is 19.2 Å². The maximum absolute atomic E-state index is 11.1. The quantitative estimate of drug-likeness (QED) is 0.432. The molecular weight excluding hydrogens is 238 g/mol. The molecule has 0 unspecified atom stereocenters. The summed E-state index contributed by atoms with van der Waals surface area (Å²) >= 11 is 0. The Kier molecular flexibility index (Phi) is 5.04. The highest BCUT2D eigenvalue weighted by molar-refractivity contribution is 5.70. The molecule has 0 aliphatic rings. The summed E-state index contributed by atoms with van der Waals surface area (Å²) in [4.78, 5) is 26.6. The van der Waals surface area contributed by atoms with Gasteiger partial charge in [-0.15, -0.1) is 0 Å². The number of methoxy groups -OCH3 is 1. The van der Waals surface area contributed by atoms with Crippen LogP contribution in [0.3, 0.4) is 0 Å². The van der Waals surface area contributed by atoms with Gasteiger partial charge in [0, 0.05) is 19.2 Å². The van der Waals surface area contributed by atoms with Crippen LogP contribution in [-0.2, 0) is 9.53 Å². The molecule has 0 radical (unpaired) electrons. The molecule has 98 valence electrons. The summed E-state index contributed by atoms with van der Waals surface area (Å²) < 4.78 is 4.56. The van der Waals surface area contributed by atoms with Gasteiger partial charge in [-0.3, -0.25) is 4.79 Å². The highest BCUT2D eigenvalue weighted by Gasteiger charge is 2.12. The first-order chi connectivity index (χ1) is 8.58. The van der Waals surface area contributed by atoms with Crippen LogP contribution in [0.25, 0.3) is 0 Å². The number of carbonyl (C=O) groups excluding carboxylic acids is 1. The molecule has 1 aromatic rings. The topological polar surface area (TPSA) is 85.6 Å². The summed E-state index contributed by atoms with van der Waals surface area (Å²) in [7, 11) is 1.34. The van der Waals surface area contributed by atoms with E-state index in [9.17, 15) is 14.9 Å². The van der Waals surface area contributed by atoms with Gasteiger partial charge in [0.1, 0.15) is 0 Å². The number of aromatic nitrogens is 1. The minimum Gasteiger partial charge on any atom is -0.469 e. The minimum absolute atomic E-state index is 0.192. The summed E-state index contributed by atoms with van der Waals surface area (Å²) in [6, 6.07) is 2.96. The van der Waals surface area contributed by atoms with E-state index >= 15 is 0 Å². The van der Waals surface area contributed by atoms with Gasteiger partial charge in [-0.05, 0) is 22.9 Å². The van der Waals surface area contributed by atoms with Gasteiger partial charge >= 0.3 is 11.8 Å². The van der Waals surface area contributed by atoms with Gasteiger partial charge in [-0.1, -0.05) is 0 Å². The zero-order valence-corrected chi connectivity index (χ0v) is 10.3. The van der Waals surface area contributed by atoms with E-state index in [0.29, 0.717) is 13.1 Å². The molecular formula is C11H15N3O4. The van der Waals surface area contributed by atoms with Crippen molar-refractivity contribution in [3.05, 3.63) is 28.4 Å². The molecule has 0 fully saturated rings. The van der Waals surface area contributed by atoms with E-state index in [-0.39, 0.29) is 18.2 Å². The first-order valence-electron chi connectivity index (χ1n) is 5.50. The second kappa shape index (κ2) is 6.53. The number of nitrogens with zero attached hydrogens (tertiary/aromatic N) is 3. The van der Waals surface area contributed by atoms with E-state index in [1.807, 2.05) is 11.8 Å². The fourth-order valence-electron chi connectivity index (χ4n) is 1.47. The van der Waals surface area contributed by atoms with Gasteiger partial charge in [0.15, 0.2) is 6.20 Å². The van der Waals surface area contributed by atoms with Gasteiger partial charge < -0.3 is 19.8 Å². The molecule has 0 aromatic carbocycles. The molecule has 0 saturated carbocycles. The minimum atomic E-state index is -0.547. The first kappa shape index (κ1) is 13.9. The van der Waals surface area contributed by atoms with Crippen molar-refractivity contribution in [1.82, 2.24) is 4.98 Å². The lowest BCUT2D eigenvalue weighted by Gasteiger charge is -2.20. The lowest BCUT2D eigenvalue weighted by Crippen LogP contribution is -2.26. The number of rotatable bonds is 6. The SMILES string of the molecule is CCN(CCC(=O)OC)c1ccc([N+](=O)[O-])nc1. The van der Waals surface area contributed by atoms with E-state index in [1.54, 1.807) is 6.07 Å². The Labute approximate surface area is 105 Å². The Morgan fingerprint density at radius 3 is 2.72 bits per heavy atom. The van der Waals surface area contributed by atoms with Gasteiger partial charge in [0.25, 0.3) is 0 Å². The third-order valence-corrected chi connectivity index (χ3v) is 2.48. The van der Waals surface area contributed by atoms with Crippen LogP contribution >= 0.6 is 0 Å². The van der Waals surface area contributed by atoms with E-state index < -0.39 is 4.92 Å². The van der Waals surface area contributed by atoms with Crippen LogP contribution in [0.5, 0.6) is 0 Å². The van der Waals surface area contributed by atoms with Gasteiger partial charge in [0.2, 0.25) is 0 Å². The summed E-state index contributed by atoms with van der Waals surface area (Å²) in [5.74, 6) is -0.480. The Balaban J connectivity index is 2.70. The maximum atomic E-state index is 11.1. The first-order valence-corrected chi connectivity index (χ1v) is 5.50. The molecule has 0 N–H and O–H groups in total. The van der Waals surface area contributed by atoms with E-state index in [1.165, 1.54) is 19.4 Å². The lowest BCUT2D eigenvalue weighted by atomic mass is 10.3. The molecule has 0 amide bonds. The van der Waals surface area contributed by atoms with Crippen molar-refractivity contribution in [3.63, 3.8) is 0 Å². The largest absolute Gasteiger partial charge is 0.469 e. The maximum Gasteiger partial charge on any atom is 0.363 e. The average Bonchev–Trinajstić information content (AvgIpc) is 2.39. The van der Waals surface area contributed by atoms with Gasteiger partial charge in [-0.2, -0.15) is 0 Å². The molecule has 0 bridgehead atoms. The Morgan fingerprint density at radius 2 is 2.28 bits per heavy atom. The molecule has 0 aliphatic heterocycles. The van der Waals surface area contributed by atoms with Crippen molar-refractivity contribution in [2.75, 3.05) is 25.1 Å². The number of esters is 1. The third-order valence-electron chi connectivity index (χ3n) is 2.48. The molecule has 7 heteroatoms. The highest BCUT2D eigenvalue weighted by Crippen LogP contribution is 2.16. The summed E-state index contributed by atoms with van der Waals surface area (Å²) in [6.07, 6.45) is 1.69. The van der Waals surface area contributed by atoms with Crippen LogP contribution in [0.15, 0.2) is 18.3 Å². The van der Waals surface area contributed by atoms with Crippen LogP contribution in [0.2, 0.25) is 0 Å². The van der Waals surface area contributed by atoms with Crippen molar-refractivity contribution in [1.29, 1.82) is 0 Å². The zero-order chi connectivity index (χ0) is 13.5. The summed E-state index contributed by atoms with van der Waals surface area (Å²) in [6.45, 7) is 3.10. The third kappa shape index (κ3) is 3.69. The average molecular weight is 253 g/mol. The van der Waals surface area contributed by atoms with Crippen LogP contribution in [-0.4, -0.2) is 36.1 Å². The number of hydrogen-bond donors (Lipinski definition) is 0. The highest BCUT2D eigenvalue weighted by atomic mass is 16.6. The number of pyridine rings is 1. The molecule has 1 rings (SSSR count). The molecule has 0 aliphatic carbocycles. The predicted molar refractivity (Wildman–Crippen MR) is 65.4 cm³/mol. The standard InChI is InChI=1S/C11H15N3O4/c1-3-13(7-6-11(15)18-2)9-4-5-10(12-8-9)14(16)17/h4-5,8H,3,6-7H2,1-2H3. The van der Waals surface area contributed by atoms with Crippen LogP contribution in [0.4, 0.5) is 11.5 Å². The molecule has 0 saturated heterocycles. The second-order valence-corrected chi connectivity index (χ2v) is 3.54. The monoisotopic (exact) mass is 253 g/mol. The zero-order valence-electron chi connectivity index (χ0n) is 10.3. The van der Waals surface area contributed by atoms with Crippen molar-refractivity contribution in [3.8, 4) is 0 Å². The Hall–Kier alpha value is -2.18. The molecule has 0 spiro atoms. The summed E-state index contributed by atoms with van der Waals surface area (Å²) in [5, 5.41) is 10.5. The number of anilines is 1. The number of ether oxygens (including phenoxy) is 1. The van der Waals surface area contributed by atoms with E-state index in [2.05, 4.69) is 9.72 Å². The molecule has 7 nitrogen and oxygen atoms in total. The molecule has 18 heavy (non-hydrogen) atoms. The molecule has 0 atom stereocenters. The van der Waals surface area contributed by atoms with E-state index in [0.717, 1.165) is 5.69 Å². The normalized spacial score (nSPS) is 9.89. The Bertz CT molecular complexity index is 419. The molecule has 1 aromatic heterocycles. The van der Waals surface area contributed by atoms with E-state index in [4.69, 9.17) is 0 Å². The van der Waals surface area contributed by atoms with Crippen molar-refractivity contribution >= 4 is 17.5 Å². The predicted octanol–water partition coefficient (Wildman–Crippen LogP) is 1.38. The number of nitro groups is 1.